The number of rotatable bonds is 11. The van der Waals surface area contributed by atoms with Crippen LogP contribution in [0.1, 0.15) is 93.9 Å². The van der Waals surface area contributed by atoms with Crippen LogP contribution in [0.5, 0.6) is 0 Å². The molecule has 210 valence electrons. The van der Waals surface area contributed by atoms with Gasteiger partial charge in [-0.05, 0) is 81.1 Å². The lowest BCUT2D eigenvalue weighted by atomic mass is 9.78. The predicted octanol–water partition coefficient (Wildman–Crippen LogP) is 3.34. The molecule has 36 heavy (non-hydrogen) atoms. The molecule has 2 fully saturated rings. The highest BCUT2D eigenvalue weighted by atomic mass is 16.5. The number of methoxy groups -OCH3 is 2. The highest BCUT2D eigenvalue weighted by molar-refractivity contribution is 5.69. The predicted molar refractivity (Wildman–Crippen MR) is 145 cm³/mol. The van der Waals surface area contributed by atoms with Gasteiger partial charge in [0.05, 0.1) is 27.1 Å². The molecule has 0 bridgehead atoms. The summed E-state index contributed by atoms with van der Waals surface area (Å²) in [5.41, 5.74) is 0.0698. The SMILES string of the molecule is COC(=O)CCN(CCN(CCC(=O)OC)C1CC(C)(C)NC(C)(C)C1)C1CC(C)(C)NC(C)(C)C1. The molecule has 0 aromatic heterocycles. The highest BCUT2D eigenvalue weighted by Gasteiger charge is 2.42. The molecule has 0 aromatic carbocycles. The number of piperidine rings is 2. The maximum atomic E-state index is 12.1. The minimum Gasteiger partial charge on any atom is -0.469 e. The topological polar surface area (TPSA) is 83.1 Å². The molecular weight excluding hydrogens is 456 g/mol. The fraction of sp³-hybridized carbons (Fsp3) is 0.929. The quantitative estimate of drug-likeness (QED) is 0.410. The van der Waals surface area contributed by atoms with E-state index in [4.69, 9.17) is 9.47 Å². The van der Waals surface area contributed by atoms with Gasteiger partial charge in [-0.15, -0.1) is 0 Å². The van der Waals surface area contributed by atoms with Gasteiger partial charge < -0.3 is 20.1 Å². The Morgan fingerprint density at radius 1 is 0.611 bits per heavy atom. The summed E-state index contributed by atoms with van der Waals surface area (Å²) in [6.45, 7) is 21.2. The summed E-state index contributed by atoms with van der Waals surface area (Å²) in [6, 6.07) is 0.730. The number of carbonyl (C=O) groups excluding carboxylic acids is 2. The van der Waals surface area contributed by atoms with Crippen LogP contribution >= 0.6 is 0 Å². The van der Waals surface area contributed by atoms with Crippen molar-refractivity contribution in [1.29, 1.82) is 0 Å². The zero-order valence-corrected chi connectivity index (χ0v) is 24.8. The fourth-order valence-electron chi connectivity index (χ4n) is 6.94. The largest absolute Gasteiger partial charge is 0.469 e. The van der Waals surface area contributed by atoms with Crippen LogP contribution in [-0.4, -0.2) is 96.4 Å². The van der Waals surface area contributed by atoms with Crippen molar-refractivity contribution in [2.75, 3.05) is 40.4 Å². The Labute approximate surface area is 220 Å². The third kappa shape index (κ3) is 9.92. The first-order valence-electron chi connectivity index (χ1n) is 13.7. The molecule has 2 N–H and O–H groups in total. The Morgan fingerprint density at radius 3 is 1.14 bits per heavy atom. The van der Waals surface area contributed by atoms with Crippen molar-refractivity contribution in [3.63, 3.8) is 0 Å². The van der Waals surface area contributed by atoms with Crippen molar-refractivity contribution in [1.82, 2.24) is 20.4 Å². The Bertz CT molecular complexity index is 656. The number of hydrogen-bond donors (Lipinski definition) is 2. The third-order valence-corrected chi connectivity index (χ3v) is 7.71. The molecule has 0 amide bonds. The number of ether oxygens (including phenoxy) is 2. The second kappa shape index (κ2) is 12.1. The molecule has 0 aromatic rings. The Balaban J connectivity index is 2.23. The van der Waals surface area contributed by atoms with Gasteiger partial charge in [-0.2, -0.15) is 0 Å². The Hall–Kier alpha value is -1.22. The van der Waals surface area contributed by atoms with Crippen LogP contribution in [0, 0.1) is 0 Å². The molecule has 0 spiro atoms. The van der Waals surface area contributed by atoms with Crippen LogP contribution in [-0.2, 0) is 19.1 Å². The Morgan fingerprint density at radius 2 is 0.889 bits per heavy atom. The average molecular weight is 511 g/mol. The van der Waals surface area contributed by atoms with E-state index in [1.807, 2.05) is 0 Å². The molecule has 8 heteroatoms. The van der Waals surface area contributed by atoms with E-state index in [1.54, 1.807) is 0 Å². The van der Waals surface area contributed by atoms with Gasteiger partial charge in [-0.25, -0.2) is 0 Å². The van der Waals surface area contributed by atoms with Crippen molar-refractivity contribution >= 4 is 11.9 Å². The standard InChI is InChI=1S/C28H54N4O4/c1-25(2)17-21(18-26(3,4)29-25)31(13-11-23(33)35-9)15-16-32(14-12-24(34)36-10)22-19-27(5,6)30-28(7,8)20-22/h21-22,29-30H,11-20H2,1-10H3. The summed E-state index contributed by atoms with van der Waals surface area (Å²) >= 11 is 0. The number of hydrogen-bond acceptors (Lipinski definition) is 8. The summed E-state index contributed by atoms with van der Waals surface area (Å²) in [4.78, 5) is 29.1. The van der Waals surface area contributed by atoms with Crippen LogP contribution in [0.3, 0.4) is 0 Å². The van der Waals surface area contributed by atoms with Crippen LogP contribution in [0.25, 0.3) is 0 Å². The molecular formula is C28H54N4O4. The molecule has 2 aliphatic heterocycles. The summed E-state index contributed by atoms with van der Waals surface area (Å²) in [5.74, 6) is -0.339. The number of esters is 2. The lowest BCUT2D eigenvalue weighted by molar-refractivity contribution is -0.142. The van der Waals surface area contributed by atoms with Crippen LogP contribution in [0.15, 0.2) is 0 Å². The van der Waals surface area contributed by atoms with Gasteiger partial charge in [-0.1, -0.05) is 0 Å². The first kappa shape index (κ1) is 31.0. The minimum atomic E-state index is -0.170. The second-order valence-corrected chi connectivity index (χ2v) is 13.6. The van der Waals surface area contributed by atoms with Gasteiger partial charge in [0.1, 0.15) is 0 Å². The van der Waals surface area contributed by atoms with Crippen LogP contribution in [0.4, 0.5) is 0 Å². The van der Waals surface area contributed by atoms with E-state index in [-0.39, 0.29) is 34.1 Å². The van der Waals surface area contributed by atoms with E-state index in [9.17, 15) is 9.59 Å². The third-order valence-electron chi connectivity index (χ3n) is 7.71. The summed E-state index contributed by atoms with van der Waals surface area (Å²) < 4.78 is 9.93. The maximum Gasteiger partial charge on any atom is 0.306 e. The van der Waals surface area contributed by atoms with Gasteiger partial charge in [0.2, 0.25) is 0 Å². The summed E-state index contributed by atoms with van der Waals surface area (Å²) in [7, 11) is 2.91. The lowest BCUT2D eigenvalue weighted by Gasteiger charge is -2.51. The maximum absolute atomic E-state index is 12.1. The first-order chi connectivity index (χ1) is 16.5. The molecule has 0 aliphatic carbocycles. The van der Waals surface area contributed by atoms with E-state index in [0.29, 0.717) is 38.0 Å². The average Bonchev–Trinajstić information content (AvgIpc) is 2.70. The second-order valence-electron chi connectivity index (χ2n) is 13.6. The molecule has 0 unspecified atom stereocenters. The fourth-order valence-corrected chi connectivity index (χ4v) is 6.94. The molecule has 0 atom stereocenters. The van der Waals surface area contributed by atoms with Crippen molar-refractivity contribution in [2.24, 2.45) is 0 Å². The number of nitrogens with one attached hydrogen (secondary N) is 2. The Kier molecular flexibility index (Phi) is 10.4. The molecule has 2 heterocycles. The van der Waals surface area contributed by atoms with Crippen molar-refractivity contribution in [3.05, 3.63) is 0 Å². The van der Waals surface area contributed by atoms with Gasteiger partial charge in [0, 0.05) is 60.4 Å². The molecule has 2 aliphatic rings. The molecule has 0 radical (unpaired) electrons. The molecule has 0 saturated carbocycles. The van der Waals surface area contributed by atoms with E-state index < -0.39 is 0 Å². The van der Waals surface area contributed by atoms with Crippen molar-refractivity contribution in [2.45, 2.75) is 128 Å². The normalized spacial score (nSPS) is 23.6. The first-order valence-corrected chi connectivity index (χ1v) is 13.7. The zero-order valence-electron chi connectivity index (χ0n) is 24.8. The van der Waals surface area contributed by atoms with Gasteiger partial charge in [-0.3, -0.25) is 19.4 Å². The lowest BCUT2D eigenvalue weighted by Crippen LogP contribution is -2.64. The molecule has 2 saturated heterocycles. The van der Waals surface area contributed by atoms with Gasteiger partial charge >= 0.3 is 11.9 Å². The van der Waals surface area contributed by atoms with Gasteiger partial charge in [0.15, 0.2) is 0 Å². The number of carbonyl (C=O) groups is 2. The summed E-state index contributed by atoms with van der Waals surface area (Å²) in [6.07, 6.45) is 4.86. The zero-order chi connectivity index (χ0) is 27.4. The van der Waals surface area contributed by atoms with Crippen LogP contribution in [0.2, 0.25) is 0 Å². The van der Waals surface area contributed by atoms with Crippen LogP contribution < -0.4 is 10.6 Å². The minimum absolute atomic E-state index is 0.0175. The van der Waals surface area contributed by atoms with Crippen molar-refractivity contribution in [3.8, 4) is 0 Å². The smallest absolute Gasteiger partial charge is 0.306 e. The van der Waals surface area contributed by atoms with Gasteiger partial charge in [0.25, 0.3) is 0 Å². The van der Waals surface area contributed by atoms with E-state index in [0.717, 1.165) is 38.8 Å². The van der Waals surface area contributed by atoms with Crippen molar-refractivity contribution < 1.29 is 19.1 Å². The number of nitrogens with zero attached hydrogens (tertiary/aromatic N) is 2. The summed E-state index contributed by atoms with van der Waals surface area (Å²) in [5, 5.41) is 7.56. The molecule has 2 rings (SSSR count). The van der Waals surface area contributed by atoms with E-state index >= 15 is 0 Å². The highest BCUT2D eigenvalue weighted by Crippen LogP contribution is 2.33. The monoisotopic (exact) mass is 510 g/mol. The van der Waals surface area contributed by atoms with E-state index in [2.05, 4.69) is 75.8 Å². The molecule has 8 nitrogen and oxygen atoms in total. The van der Waals surface area contributed by atoms with E-state index in [1.165, 1.54) is 14.2 Å².